The van der Waals surface area contributed by atoms with Gasteiger partial charge in [-0.15, -0.1) is 0 Å². The fourth-order valence-electron chi connectivity index (χ4n) is 17.2. The third-order valence-electron chi connectivity index (χ3n) is 20.7. The van der Waals surface area contributed by atoms with E-state index in [-0.39, 0.29) is 55.1 Å². The van der Waals surface area contributed by atoms with E-state index < -0.39 is 13.4 Å². The molecule has 0 fully saturated rings. The Morgan fingerprint density at radius 1 is 0.272 bits per heavy atom. The van der Waals surface area contributed by atoms with Crippen LogP contribution in [0.3, 0.4) is 0 Å². The van der Waals surface area contributed by atoms with Gasteiger partial charge in [0.05, 0.1) is 22.3 Å². The molecule has 0 saturated heterocycles. The molecule has 7 aliphatic rings. The highest BCUT2D eigenvalue weighted by molar-refractivity contribution is 7.06. The van der Waals surface area contributed by atoms with Crippen molar-refractivity contribution in [3.05, 3.63) is 290 Å². The molecule has 0 unspecified atom stereocenters. The zero-order chi connectivity index (χ0) is 66.7. The predicted octanol–water partition coefficient (Wildman–Crippen LogP) is 15.5. The van der Waals surface area contributed by atoms with Gasteiger partial charge in [-0.2, -0.15) is 0 Å². The minimum absolute atomic E-state index is 0.174. The van der Waals surface area contributed by atoms with Gasteiger partial charge in [-0.3, -0.25) is 0 Å². The molecule has 0 atom stereocenters. The lowest BCUT2D eigenvalue weighted by molar-refractivity contribution is 0.489. The number of rotatable bonds is 4. The topological polar surface area (TPSA) is 25.4 Å². The summed E-state index contributed by atoms with van der Waals surface area (Å²) in [5.41, 5.74) is 22.6. The Morgan fingerprint density at radius 2 is 0.587 bits per heavy atom. The average Bonchev–Trinajstić information content (AvgIpc) is 0.655. The summed E-state index contributed by atoms with van der Waals surface area (Å²) in [5, 5.41) is 8.22. The van der Waals surface area contributed by atoms with Gasteiger partial charge in [-0.1, -0.05) is 200 Å². The van der Waals surface area contributed by atoms with Gasteiger partial charge in [0.15, 0.2) is 11.5 Å². The molecule has 0 bridgehead atoms. The van der Waals surface area contributed by atoms with Crippen molar-refractivity contribution in [2.24, 2.45) is 0 Å². The number of hydrogen-bond donors (Lipinski definition) is 0. The van der Waals surface area contributed by atoms with Gasteiger partial charge >= 0.3 is 0 Å². The van der Waals surface area contributed by atoms with E-state index in [0.29, 0.717) is 22.7 Å². The molecule has 6 nitrogen and oxygen atoms in total. The van der Waals surface area contributed by atoms with Crippen LogP contribution >= 0.6 is 0 Å². The number of benzene rings is 15. The van der Waals surface area contributed by atoms with E-state index in [9.17, 15) is 8.22 Å². The average molecular weight is 1170 g/mol. The first kappa shape index (κ1) is 42.3. The van der Waals surface area contributed by atoms with E-state index in [1.807, 2.05) is 48.5 Å². The molecule has 7 aliphatic heterocycles. The highest BCUT2D eigenvalue weighted by Gasteiger charge is 2.56. The lowest BCUT2D eigenvalue weighted by Gasteiger charge is -2.53. The highest BCUT2D eigenvalue weighted by atomic mass is 16.5. The molecule has 0 aromatic heterocycles. The highest BCUT2D eigenvalue weighted by Crippen LogP contribution is 2.59. The lowest BCUT2D eigenvalue weighted by atomic mass is 9.27. The zero-order valence-electron chi connectivity index (χ0n) is 57.4. The fourth-order valence-corrected chi connectivity index (χ4v) is 17.2. The van der Waals surface area contributed by atoms with Crippen LogP contribution in [0.2, 0.25) is 0 Å². The number of nitrogens with zero attached hydrogens (tertiary/aromatic N) is 5. The Bertz CT molecular complexity index is 6310. The maximum absolute atomic E-state index is 9.56. The Kier molecular flexibility index (Phi) is 8.19. The standard InChI is InChI=1S/C83H50B3N5O/c1-49-38-72-76-73(39-49)89(58-32-10-4-11-33-58)70-47-71-65(46-64(70)84(76)62-40-50-22-14-16-24-52(50)44-68(62)87(72)56-28-6-2-7-29-56)86-67-43-55-27-19-21-37-61(55)83-80(67)91-79-66(42-54-26-18-20-36-60(54)82(79)92-83)85-63-41-51-23-15-17-25-53(51)45-69(63)88(57-30-8-3-9-31-57)74-48-75(78(86)81(91)77(74)85)90(71)59-34-12-5-13-35-59/h2-48H,1H3/i6D,7D,8D,9D,10D,11D,12D,13D. The van der Waals surface area contributed by atoms with Crippen LogP contribution in [0.5, 0.6) is 11.5 Å². The van der Waals surface area contributed by atoms with Gasteiger partial charge in [0.2, 0.25) is 0 Å². The molecule has 0 N–H and O–H groups in total. The van der Waals surface area contributed by atoms with E-state index in [1.165, 1.54) is 0 Å². The smallest absolute Gasteiger partial charge is 0.252 e. The summed E-state index contributed by atoms with van der Waals surface area (Å²) in [7, 11) is 0. The van der Waals surface area contributed by atoms with E-state index in [4.69, 9.17) is 7.48 Å². The zero-order valence-corrected chi connectivity index (χ0v) is 49.4. The third-order valence-corrected chi connectivity index (χ3v) is 20.7. The third kappa shape index (κ3) is 6.32. The summed E-state index contributed by atoms with van der Waals surface area (Å²) >= 11 is 0. The van der Waals surface area contributed by atoms with Crippen LogP contribution in [-0.2, 0) is 0 Å². The summed E-state index contributed by atoms with van der Waals surface area (Å²) in [5.74, 6) is 1.51. The van der Waals surface area contributed by atoms with E-state index in [1.54, 1.807) is 24.3 Å². The Labute approximate surface area is 544 Å². The quantitative estimate of drug-likeness (QED) is 0.163. The summed E-state index contributed by atoms with van der Waals surface area (Å²) in [6.07, 6.45) is 0. The maximum atomic E-state index is 9.56. The van der Waals surface area contributed by atoms with E-state index >= 15 is 0 Å². The molecule has 422 valence electrons. The van der Waals surface area contributed by atoms with E-state index in [0.717, 1.165) is 172 Å². The van der Waals surface area contributed by atoms with Gasteiger partial charge in [-0.25, -0.2) is 0 Å². The molecule has 9 heteroatoms. The molecule has 22 rings (SSSR count). The number of aryl methyl sites for hydroxylation is 1. The largest absolute Gasteiger partial charge is 0.452 e. The van der Waals surface area contributed by atoms with Gasteiger partial charge in [-0.05, 0) is 179 Å². The van der Waals surface area contributed by atoms with Crippen molar-refractivity contribution in [3.8, 4) is 11.5 Å². The summed E-state index contributed by atoms with van der Waals surface area (Å²) in [6.45, 7) is 0.766. The lowest BCUT2D eigenvalue weighted by Crippen LogP contribution is -2.69. The first-order valence-corrected chi connectivity index (χ1v) is 31.4. The normalized spacial score (nSPS) is 15.5. The van der Waals surface area contributed by atoms with Gasteiger partial charge in [0, 0.05) is 84.7 Å². The first-order chi connectivity index (χ1) is 48.7. The Morgan fingerprint density at radius 3 is 1.00 bits per heavy atom. The molecule has 0 radical (unpaired) electrons. The van der Waals surface area contributed by atoms with Crippen molar-refractivity contribution in [3.63, 3.8) is 0 Å². The van der Waals surface area contributed by atoms with Crippen LogP contribution in [0.1, 0.15) is 16.5 Å². The Hall–Kier alpha value is -11.7. The molecule has 15 aromatic rings. The second-order valence-electron chi connectivity index (χ2n) is 25.4. The van der Waals surface area contributed by atoms with Crippen molar-refractivity contribution in [1.82, 2.24) is 0 Å². The predicted molar refractivity (Wildman–Crippen MR) is 389 cm³/mol. The van der Waals surface area contributed by atoms with E-state index in [2.05, 4.69) is 195 Å². The number of ether oxygens (including phenoxy) is 1. The molecule has 15 aromatic carbocycles. The summed E-state index contributed by atoms with van der Waals surface area (Å²) < 4.78 is 82.5. The number of fused-ring (bicyclic) bond motifs is 16. The van der Waals surface area contributed by atoms with Gasteiger partial charge in [0.1, 0.15) is 0 Å². The molecular formula is C83H50B3N5O. The first-order valence-electron chi connectivity index (χ1n) is 35.4. The minimum Gasteiger partial charge on any atom is -0.452 e. The molecule has 0 aliphatic carbocycles. The second-order valence-corrected chi connectivity index (χ2v) is 25.4. The van der Waals surface area contributed by atoms with Crippen molar-refractivity contribution < 1.29 is 15.7 Å². The monoisotopic (exact) mass is 1170 g/mol. The summed E-state index contributed by atoms with van der Waals surface area (Å²) in [4.78, 5) is 11.5. The van der Waals surface area contributed by atoms with Crippen molar-refractivity contribution in [1.29, 1.82) is 0 Å². The summed E-state index contributed by atoms with van der Waals surface area (Å²) in [6, 6.07) is 82.1. The van der Waals surface area contributed by atoms with Crippen LogP contribution in [0.25, 0.3) is 43.1 Å². The van der Waals surface area contributed by atoms with Crippen LogP contribution in [0.4, 0.5) is 85.3 Å². The molecule has 7 heterocycles. The molecule has 0 amide bonds. The van der Waals surface area contributed by atoms with Crippen LogP contribution in [0, 0.1) is 6.92 Å². The van der Waals surface area contributed by atoms with Crippen molar-refractivity contribution in [2.75, 3.05) is 24.5 Å². The minimum atomic E-state index is -0.512. The molecule has 0 saturated carbocycles. The Balaban J connectivity index is 0.927. The van der Waals surface area contributed by atoms with Crippen LogP contribution in [0.15, 0.2) is 285 Å². The number of para-hydroxylation sites is 4. The fraction of sp³-hybridized carbons (Fsp3) is 0.0120. The number of hydrogen-bond acceptors (Lipinski definition) is 6. The second kappa shape index (κ2) is 17.8. The van der Waals surface area contributed by atoms with Crippen molar-refractivity contribution in [2.45, 2.75) is 6.92 Å². The molecular weight excluding hydrogens is 1120 g/mol. The maximum Gasteiger partial charge on any atom is 0.252 e. The SMILES string of the molecule is [2H]c1cc([2H])cc(N2c3cc4c(cc3B3c5cc6ccccc6cc5N(c5cc([2H])cc([2H])c5)c5cc(C)cc2c53)B2c3cc5ccccc5c5c3N3c6c2c(cc2c6B(c6cc7ccccc7cc6N2c2cc([2H])cc([2H])c2)c2cc6ccccc6c(c23)O5)N4c2cc([2H])cc([2H])c2)c1. The van der Waals surface area contributed by atoms with Crippen molar-refractivity contribution >= 4 is 198 Å². The van der Waals surface area contributed by atoms with Crippen LogP contribution < -0.4 is 78.4 Å². The van der Waals surface area contributed by atoms with Crippen LogP contribution in [-0.4, -0.2) is 20.1 Å². The van der Waals surface area contributed by atoms with Gasteiger partial charge in [0.25, 0.3) is 20.1 Å². The van der Waals surface area contributed by atoms with Gasteiger partial charge < -0.3 is 29.2 Å². The molecule has 92 heavy (non-hydrogen) atoms. The molecule has 0 spiro atoms. The number of anilines is 15.